The molecule has 5 atom stereocenters. The summed E-state index contributed by atoms with van der Waals surface area (Å²) in [5.41, 5.74) is -1.15. The van der Waals surface area contributed by atoms with Crippen molar-refractivity contribution in [1.29, 1.82) is 0 Å². The lowest BCUT2D eigenvalue weighted by molar-refractivity contribution is -0.145. The van der Waals surface area contributed by atoms with Crippen LogP contribution in [0, 0.1) is 5.92 Å². The van der Waals surface area contributed by atoms with Gasteiger partial charge in [0.25, 0.3) is 0 Å². The van der Waals surface area contributed by atoms with Gasteiger partial charge in [-0.1, -0.05) is 43.2 Å². The fraction of sp³-hybridized carbons (Fsp3) is 0.639. The SMILES string of the molecule is COc1ccccc1C1CCN(C(=O)O[C@@H]2C[C@H]3C(=O)N[C@]4(C(=O)O)C[C@@H]4/C=C\CCCCC[C@H](NC(=O)OC(C)(C)C)C(=O)N3C2)CC1. The van der Waals surface area contributed by atoms with Gasteiger partial charge in [0.05, 0.1) is 13.7 Å². The first-order chi connectivity index (χ1) is 23.3. The van der Waals surface area contributed by atoms with E-state index in [9.17, 15) is 29.1 Å². The zero-order chi connectivity index (χ0) is 35.3. The molecule has 5 rings (SSSR count). The van der Waals surface area contributed by atoms with Crippen LogP contribution in [0.4, 0.5) is 9.59 Å². The number of benzene rings is 1. The van der Waals surface area contributed by atoms with Crippen molar-refractivity contribution in [3.8, 4) is 5.75 Å². The van der Waals surface area contributed by atoms with Gasteiger partial charge in [-0.05, 0) is 76.8 Å². The van der Waals surface area contributed by atoms with Crippen molar-refractivity contribution >= 4 is 30.0 Å². The minimum absolute atomic E-state index is 0.00362. The smallest absolute Gasteiger partial charge is 0.410 e. The van der Waals surface area contributed by atoms with Gasteiger partial charge in [0.15, 0.2) is 0 Å². The maximum atomic E-state index is 14.2. The number of piperidine rings is 1. The van der Waals surface area contributed by atoms with Gasteiger partial charge < -0.3 is 39.8 Å². The predicted molar refractivity (Wildman–Crippen MR) is 179 cm³/mol. The Hall–Kier alpha value is -4.29. The number of alkyl carbamates (subject to hydrolysis) is 1. The molecule has 1 saturated carbocycles. The van der Waals surface area contributed by atoms with Crippen LogP contribution in [-0.4, -0.2) is 101 Å². The number of para-hydroxylation sites is 1. The van der Waals surface area contributed by atoms with Gasteiger partial charge >= 0.3 is 18.2 Å². The number of hydrogen-bond acceptors (Lipinski definition) is 8. The molecule has 13 nitrogen and oxygen atoms in total. The average molecular weight is 683 g/mol. The van der Waals surface area contributed by atoms with Gasteiger partial charge in [-0.25, -0.2) is 14.4 Å². The molecule has 3 N–H and O–H groups in total. The summed E-state index contributed by atoms with van der Waals surface area (Å²) in [6.07, 6.45) is 6.68. The lowest BCUT2D eigenvalue weighted by atomic mass is 9.89. The Balaban J connectivity index is 1.31. The van der Waals surface area contributed by atoms with Crippen LogP contribution in [0.5, 0.6) is 5.75 Å². The first kappa shape index (κ1) is 36.0. The summed E-state index contributed by atoms with van der Waals surface area (Å²) in [5.74, 6) is -1.59. The zero-order valence-corrected chi connectivity index (χ0v) is 28.9. The van der Waals surface area contributed by atoms with Crippen LogP contribution in [0.1, 0.15) is 90.0 Å². The number of carbonyl (C=O) groups excluding carboxylic acids is 4. The highest BCUT2D eigenvalue weighted by Gasteiger charge is 2.61. The maximum absolute atomic E-state index is 14.2. The molecule has 1 aromatic rings. The second kappa shape index (κ2) is 15.1. The van der Waals surface area contributed by atoms with E-state index in [4.69, 9.17) is 14.2 Å². The number of fused-ring (bicyclic) bond motifs is 2. The molecule has 1 aromatic carbocycles. The molecule has 3 heterocycles. The van der Waals surface area contributed by atoms with Crippen LogP contribution in [0.2, 0.25) is 0 Å². The van der Waals surface area contributed by atoms with E-state index in [1.165, 1.54) is 4.90 Å². The van der Waals surface area contributed by atoms with Gasteiger partial charge in [-0.15, -0.1) is 0 Å². The summed E-state index contributed by atoms with van der Waals surface area (Å²) >= 11 is 0. The van der Waals surface area contributed by atoms with E-state index in [0.717, 1.165) is 43.4 Å². The third kappa shape index (κ3) is 8.66. The number of carbonyl (C=O) groups is 5. The molecule has 268 valence electrons. The summed E-state index contributed by atoms with van der Waals surface area (Å²) in [6, 6.07) is 5.77. The number of methoxy groups -OCH3 is 1. The third-order valence-corrected chi connectivity index (χ3v) is 9.91. The zero-order valence-electron chi connectivity index (χ0n) is 28.9. The highest BCUT2D eigenvalue weighted by Crippen LogP contribution is 2.45. The second-order valence-electron chi connectivity index (χ2n) is 14.6. The average Bonchev–Trinajstić information content (AvgIpc) is 3.59. The molecule has 0 spiro atoms. The van der Waals surface area contributed by atoms with Gasteiger partial charge in [0.1, 0.15) is 35.1 Å². The number of carboxylic acid groups (broad SMARTS) is 1. The van der Waals surface area contributed by atoms with Crippen LogP contribution in [0.25, 0.3) is 0 Å². The highest BCUT2D eigenvalue weighted by molar-refractivity contribution is 5.96. The van der Waals surface area contributed by atoms with Gasteiger partial charge in [0.2, 0.25) is 11.8 Å². The lowest BCUT2D eigenvalue weighted by Gasteiger charge is -2.32. The Morgan fingerprint density at radius 1 is 1.04 bits per heavy atom. The molecule has 0 radical (unpaired) electrons. The number of allylic oxidation sites excluding steroid dienone is 1. The summed E-state index contributed by atoms with van der Waals surface area (Å²) in [6.45, 7) is 6.04. The van der Waals surface area contributed by atoms with E-state index in [2.05, 4.69) is 10.6 Å². The van der Waals surface area contributed by atoms with Crippen molar-refractivity contribution in [1.82, 2.24) is 20.4 Å². The number of nitrogens with one attached hydrogen (secondary N) is 2. The Morgan fingerprint density at radius 3 is 2.47 bits per heavy atom. The summed E-state index contributed by atoms with van der Waals surface area (Å²) in [7, 11) is 1.64. The largest absolute Gasteiger partial charge is 0.496 e. The molecule has 2 saturated heterocycles. The Kier molecular flexibility index (Phi) is 11.1. The van der Waals surface area contributed by atoms with Crippen LogP contribution >= 0.6 is 0 Å². The normalized spacial score (nSPS) is 28.9. The summed E-state index contributed by atoms with van der Waals surface area (Å²) in [4.78, 5) is 69.5. The number of amides is 4. The molecule has 3 fully saturated rings. The fourth-order valence-electron chi connectivity index (χ4n) is 7.19. The van der Waals surface area contributed by atoms with E-state index in [1.807, 2.05) is 36.4 Å². The van der Waals surface area contributed by atoms with Crippen molar-refractivity contribution in [3.05, 3.63) is 42.0 Å². The van der Waals surface area contributed by atoms with E-state index in [-0.39, 0.29) is 31.2 Å². The maximum Gasteiger partial charge on any atom is 0.410 e. The van der Waals surface area contributed by atoms with Crippen molar-refractivity contribution in [2.24, 2.45) is 5.92 Å². The molecule has 0 unspecified atom stereocenters. The first-order valence-corrected chi connectivity index (χ1v) is 17.4. The molecule has 13 heteroatoms. The van der Waals surface area contributed by atoms with E-state index in [0.29, 0.717) is 25.9 Å². The molecular weight excluding hydrogens is 632 g/mol. The van der Waals surface area contributed by atoms with Gasteiger partial charge in [0, 0.05) is 25.4 Å². The number of carboxylic acids is 1. The Morgan fingerprint density at radius 2 is 1.78 bits per heavy atom. The molecule has 4 aliphatic rings. The molecule has 0 bridgehead atoms. The van der Waals surface area contributed by atoms with Crippen LogP contribution in [0.15, 0.2) is 36.4 Å². The molecule has 0 aromatic heterocycles. The van der Waals surface area contributed by atoms with E-state index in [1.54, 1.807) is 32.8 Å². The topological polar surface area (TPSA) is 164 Å². The summed E-state index contributed by atoms with van der Waals surface area (Å²) in [5, 5.41) is 15.5. The van der Waals surface area contributed by atoms with E-state index >= 15 is 0 Å². The predicted octanol–water partition coefficient (Wildman–Crippen LogP) is 4.35. The standard InChI is InChI=1S/C36H50N4O9/c1-35(2,3)49-33(45)37-27-14-9-7-5-6-8-12-24-21-36(24,32(43)44)38-30(41)28-20-25(22-40(28)31(27)42)48-34(46)39-18-16-23(17-19-39)26-13-10-11-15-29(26)47-4/h8,10-13,15,23-25,27-28H,5-7,9,14,16-22H2,1-4H3,(H,37,45)(H,38,41)(H,43,44)/b12-8-/t24-,25+,27-,28-,36+/m0/s1. The summed E-state index contributed by atoms with van der Waals surface area (Å²) < 4.78 is 16.9. The molecular formula is C36H50N4O9. The third-order valence-electron chi connectivity index (χ3n) is 9.91. The van der Waals surface area contributed by atoms with Crippen molar-refractivity contribution in [2.45, 2.75) is 114 Å². The van der Waals surface area contributed by atoms with Crippen molar-refractivity contribution in [2.75, 3.05) is 26.7 Å². The minimum atomic E-state index is -1.46. The quantitative estimate of drug-likeness (QED) is 0.383. The van der Waals surface area contributed by atoms with Crippen LogP contribution < -0.4 is 15.4 Å². The van der Waals surface area contributed by atoms with Crippen LogP contribution in [-0.2, 0) is 23.9 Å². The number of ether oxygens (including phenoxy) is 3. The molecule has 49 heavy (non-hydrogen) atoms. The first-order valence-electron chi connectivity index (χ1n) is 17.4. The number of nitrogens with zero attached hydrogens (tertiary/aromatic N) is 2. The van der Waals surface area contributed by atoms with Crippen LogP contribution in [0.3, 0.4) is 0 Å². The number of rotatable bonds is 5. The molecule has 4 amide bonds. The Labute approximate surface area is 287 Å². The monoisotopic (exact) mass is 682 g/mol. The van der Waals surface area contributed by atoms with Gasteiger partial charge in [-0.2, -0.15) is 0 Å². The minimum Gasteiger partial charge on any atom is -0.496 e. The van der Waals surface area contributed by atoms with E-state index < -0.39 is 59.3 Å². The highest BCUT2D eigenvalue weighted by atomic mass is 16.6. The number of aliphatic carboxylic acids is 1. The van der Waals surface area contributed by atoms with Crippen molar-refractivity contribution < 1.29 is 43.3 Å². The molecule has 3 aliphatic heterocycles. The number of hydrogen-bond donors (Lipinski definition) is 3. The fourth-order valence-corrected chi connectivity index (χ4v) is 7.19. The molecule has 1 aliphatic carbocycles. The number of likely N-dealkylation sites (tertiary alicyclic amines) is 1. The lowest BCUT2D eigenvalue weighted by Crippen LogP contribution is -2.56. The van der Waals surface area contributed by atoms with Gasteiger partial charge in [-0.3, -0.25) is 9.59 Å². The van der Waals surface area contributed by atoms with Crippen molar-refractivity contribution in [3.63, 3.8) is 0 Å². The Bertz CT molecular complexity index is 1430. The second-order valence-corrected chi connectivity index (χ2v) is 14.6.